The van der Waals surface area contributed by atoms with Crippen LogP contribution < -0.4 is 9.64 Å². The summed E-state index contributed by atoms with van der Waals surface area (Å²) in [5, 5.41) is 10.6. The molecular weight excluding hydrogens is 464 g/mol. The summed E-state index contributed by atoms with van der Waals surface area (Å²) in [7, 11) is 0. The Morgan fingerprint density at radius 1 is 0.944 bits per heavy atom. The van der Waals surface area contributed by atoms with Crippen LogP contribution >= 0.6 is 0 Å². The van der Waals surface area contributed by atoms with Gasteiger partial charge in [0.25, 0.3) is 0 Å². The average molecular weight is 494 g/mol. The number of nitrogens with zero attached hydrogens (tertiary/aromatic N) is 1. The Morgan fingerprint density at radius 3 is 2.06 bits per heavy atom. The summed E-state index contributed by atoms with van der Waals surface area (Å²) in [6.07, 6.45) is -0.115. The van der Waals surface area contributed by atoms with Gasteiger partial charge in [0.2, 0.25) is 5.91 Å². The number of carbonyl (C=O) groups is 2. The molecule has 3 atom stereocenters. The van der Waals surface area contributed by atoms with Crippen molar-refractivity contribution < 1.29 is 28.2 Å². The van der Waals surface area contributed by atoms with Crippen molar-refractivity contribution >= 4 is 17.6 Å². The number of aliphatic hydroxyl groups is 1. The van der Waals surface area contributed by atoms with Gasteiger partial charge in [-0.05, 0) is 93.3 Å². The van der Waals surface area contributed by atoms with Gasteiger partial charge in [-0.3, -0.25) is 9.59 Å². The Kier molecular flexibility index (Phi) is 7.22. The van der Waals surface area contributed by atoms with Gasteiger partial charge in [0.05, 0.1) is 23.5 Å². The fourth-order valence-electron chi connectivity index (χ4n) is 4.28. The summed E-state index contributed by atoms with van der Waals surface area (Å²) >= 11 is 0. The van der Waals surface area contributed by atoms with Crippen molar-refractivity contribution in [1.29, 1.82) is 0 Å². The van der Waals surface area contributed by atoms with E-state index < -0.39 is 23.3 Å². The standard InChI is InChI=1S/C29H29F2NO4/c1-29(2,3)28(35)36-23-14-6-19(7-15-23)26-24(16-17-25(33)18-4-8-20(30)9-5-18)27(34)32(26)22-12-10-21(31)11-13-22/h4-15,24-26,33H,16-17H2,1-3H3/t24-,25+,26-/m1/s1. The van der Waals surface area contributed by atoms with Crippen molar-refractivity contribution in [3.8, 4) is 5.75 Å². The lowest BCUT2D eigenvalue weighted by molar-refractivity contribution is -0.143. The number of β-lactam (4-membered cyclic amide) rings is 1. The molecule has 1 aliphatic heterocycles. The van der Waals surface area contributed by atoms with Crippen LogP contribution in [-0.4, -0.2) is 17.0 Å². The highest BCUT2D eigenvalue weighted by atomic mass is 19.1. The van der Waals surface area contributed by atoms with E-state index in [0.717, 1.165) is 5.56 Å². The number of halogens is 2. The number of hydrogen-bond donors (Lipinski definition) is 1. The molecule has 1 N–H and O–H groups in total. The fourth-order valence-corrected chi connectivity index (χ4v) is 4.28. The van der Waals surface area contributed by atoms with E-state index in [1.807, 2.05) is 12.1 Å². The Hall–Kier alpha value is -3.58. The molecule has 0 bridgehead atoms. The van der Waals surface area contributed by atoms with Crippen LogP contribution in [0.5, 0.6) is 5.75 Å². The quantitative estimate of drug-likeness (QED) is 0.244. The number of rotatable bonds is 7. The zero-order valence-corrected chi connectivity index (χ0v) is 20.4. The third-order valence-electron chi connectivity index (χ3n) is 6.37. The number of aliphatic hydroxyl groups excluding tert-OH is 1. The Morgan fingerprint density at radius 2 is 1.50 bits per heavy atom. The number of ether oxygens (including phenoxy) is 1. The van der Waals surface area contributed by atoms with E-state index in [9.17, 15) is 23.5 Å². The van der Waals surface area contributed by atoms with E-state index >= 15 is 0 Å². The Balaban J connectivity index is 1.54. The molecule has 36 heavy (non-hydrogen) atoms. The van der Waals surface area contributed by atoms with E-state index in [2.05, 4.69) is 0 Å². The maximum absolute atomic E-state index is 13.5. The summed E-state index contributed by atoms with van der Waals surface area (Å²) in [4.78, 5) is 27.0. The number of esters is 1. The molecule has 1 saturated heterocycles. The summed E-state index contributed by atoms with van der Waals surface area (Å²) in [6.45, 7) is 5.32. The molecule has 1 heterocycles. The first-order valence-electron chi connectivity index (χ1n) is 11.9. The van der Waals surface area contributed by atoms with Crippen molar-refractivity contribution in [2.24, 2.45) is 11.3 Å². The Bertz CT molecular complexity index is 1220. The first-order chi connectivity index (χ1) is 17.0. The van der Waals surface area contributed by atoms with Gasteiger partial charge in [0.1, 0.15) is 17.4 Å². The summed E-state index contributed by atoms with van der Waals surface area (Å²) in [5.74, 6) is -1.26. The second-order valence-corrected chi connectivity index (χ2v) is 10.1. The minimum atomic E-state index is -0.835. The molecule has 0 aromatic heterocycles. The summed E-state index contributed by atoms with van der Waals surface area (Å²) in [6, 6.07) is 18.0. The molecule has 188 valence electrons. The van der Waals surface area contributed by atoms with Gasteiger partial charge >= 0.3 is 5.97 Å². The highest BCUT2D eigenvalue weighted by Crippen LogP contribution is 2.46. The van der Waals surface area contributed by atoms with Crippen LogP contribution in [0.2, 0.25) is 0 Å². The Labute approximate surface area is 209 Å². The second kappa shape index (κ2) is 10.2. The summed E-state index contributed by atoms with van der Waals surface area (Å²) in [5.41, 5.74) is 1.34. The molecule has 1 aliphatic rings. The molecule has 0 saturated carbocycles. The lowest BCUT2D eigenvalue weighted by Gasteiger charge is -2.48. The smallest absolute Gasteiger partial charge is 0.316 e. The third-order valence-corrected chi connectivity index (χ3v) is 6.37. The summed E-state index contributed by atoms with van der Waals surface area (Å²) < 4.78 is 32.2. The van der Waals surface area contributed by atoms with E-state index in [0.29, 0.717) is 29.8 Å². The van der Waals surface area contributed by atoms with E-state index in [4.69, 9.17) is 4.74 Å². The molecule has 0 unspecified atom stereocenters. The molecule has 0 spiro atoms. The SMILES string of the molecule is CC(C)(C)C(=O)Oc1ccc([C@@H]2[C@@H](CC[C@H](O)c3ccc(F)cc3)C(=O)N2c2ccc(F)cc2)cc1. The van der Waals surface area contributed by atoms with Crippen LogP contribution in [0.4, 0.5) is 14.5 Å². The molecule has 3 aromatic rings. The third kappa shape index (κ3) is 5.46. The van der Waals surface area contributed by atoms with Gasteiger partial charge in [0.15, 0.2) is 0 Å². The van der Waals surface area contributed by atoms with Crippen molar-refractivity contribution in [2.45, 2.75) is 45.8 Å². The largest absolute Gasteiger partial charge is 0.426 e. The number of amides is 1. The van der Waals surface area contributed by atoms with Crippen molar-refractivity contribution in [2.75, 3.05) is 4.90 Å². The van der Waals surface area contributed by atoms with Crippen LogP contribution in [-0.2, 0) is 9.59 Å². The maximum Gasteiger partial charge on any atom is 0.316 e. The highest BCUT2D eigenvalue weighted by Gasteiger charge is 2.48. The minimum Gasteiger partial charge on any atom is -0.426 e. The fraction of sp³-hybridized carbons (Fsp3) is 0.310. The number of hydrogen-bond acceptors (Lipinski definition) is 4. The zero-order valence-electron chi connectivity index (χ0n) is 20.4. The number of carbonyl (C=O) groups excluding carboxylic acids is 2. The molecule has 5 nitrogen and oxygen atoms in total. The van der Waals surface area contributed by atoms with Crippen LogP contribution in [0.15, 0.2) is 72.8 Å². The lowest BCUT2D eigenvalue weighted by atomic mass is 9.78. The normalized spacial score (nSPS) is 18.5. The predicted molar refractivity (Wildman–Crippen MR) is 132 cm³/mol. The van der Waals surface area contributed by atoms with Crippen molar-refractivity contribution in [1.82, 2.24) is 0 Å². The molecule has 1 amide bonds. The van der Waals surface area contributed by atoms with Gasteiger partial charge in [-0.15, -0.1) is 0 Å². The van der Waals surface area contributed by atoms with Crippen LogP contribution in [0, 0.1) is 23.0 Å². The van der Waals surface area contributed by atoms with Gasteiger partial charge in [-0.2, -0.15) is 0 Å². The van der Waals surface area contributed by atoms with Gasteiger partial charge < -0.3 is 14.7 Å². The zero-order chi connectivity index (χ0) is 26.0. The molecule has 4 rings (SSSR count). The molecule has 3 aromatic carbocycles. The predicted octanol–water partition coefficient (Wildman–Crippen LogP) is 6.13. The van der Waals surface area contributed by atoms with Crippen LogP contribution in [0.1, 0.15) is 56.9 Å². The van der Waals surface area contributed by atoms with Crippen LogP contribution in [0.3, 0.4) is 0 Å². The highest BCUT2D eigenvalue weighted by molar-refractivity contribution is 6.03. The lowest BCUT2D eigenvalue weighted by Crippen LogP contribution is -2.55. The van der Waals surface area contributed by atoms with E-state index in [1.165, 1.54) is 36.4 Å². The molecule has 0 radical (unpaired) electrons. The maximum atomic E-state index is 13.5. The topological polar surface area (TPSA) is 66.8 Å². The molecule has 0 aliphatic carbocycles. The van der Waals surface area contributed by atoms with E-state index in [-0.39, 0.29) is 23.7 Å². The van der Waals surface area contributed by atoms with E-state index in [1.54, 1.807) is 49.9 Å². The van der Waals surface area contributed by atoms with Crippen molar-refractivity contribution in [3.05, 3.63) is 95.6 Å². The number of anilines is 1. The number of benzene rings is 3. The van der Waals surface area contributed by atoms with Gasteiger partial charge in [-0.25, -0.2) is 8.78 Å². The van der Waals surface area contributed by atoms with Gasteiger partial charge in [-0.1, -0.05) is 24.3 Å². The van der Waals surface area contributed by atoms with Crippen LogP contribution in [0.25, 0.3) is 0 Å². The van der Waals surface area contributed by atoms with Gasteiger partial charge in [0, 0.05) is 5.69 Å². The first kappa shape index (κ1) is 25.5. The average Bonchev–Trinajstić information content (AvgIpc) is 2.84. The second-order valence-electron chi connectivity index (χ2n) is 10.1. The first-order valence-corrected chi connectivity index (χ1v) is 11.9. The van der Waals surface area contributed by atoms with Crippen molar-refractivity contribution in [3.63, 3.8) is 0 Å². The minimum absolute atomic E-state index is 0.124. The molecule has 1 fully saturated rings. The molecule has 7 heteroatoms. The monoisotopic (exact) mass is 493 g/mol. The molecular formula is C29H29F2NO4.